The average Bonchev–Trinajstić information content (AvgIpc) is 2.16. The Hall–Kier alpha value is -0.680. The minimum Gasteiger partial charge on any atom is -0.465 e. The summed E-state index contributed by atoms with van der Waals surface area (Å²) in [7, 11) is -4.15. The first kappa shape index (κ1) is 13.4. The second-order valence-corrected chi connectivity index (χ2v) is 5.03. The summed E-state index contributed by atoms with van der Waals surface area (Å²) in [4.78, 5) is 29.0. The van der Waals surface area contributed by atoms with Gasteiger partial charge < -0.3 is 19.8 Å². The molecule has 1 heterocycles. The monoisotopic (exact) mass is 249 g/mol. The summed E-state index contributed by atoms with van der Waals surface area (Å²) in [5.74, 6) is 0.568. The molecule has 1 fully saturated rings. The van der Waals surface area contributed by atoms with Crippen LogP contribution < -0.4 is 5.32 Å². The summed E-state index contributed by atoms with van der Waals surface area (Å²) in [6, 6.07) is -0.494. The zero-order chi connectivity index (χ0) is 12.2. The summed E-state index contributed by atoms with van der Waals surface area (Å²) in [6.07, 6.45) is 0.838. The minimum absolute atomic E-state index is 0.296. The van der Waals surface area contributed by atoms with Gasteiger partial charge in [-0.25, -0.2) is 0 Å². The summed E-state index contributed by atoms with van der Waals surface area (Å²) in [5.41, 5.74) is 0.602. The Morgan fingerprint density at radius 2 is 2.38 bits per heavy atom. The molecule has 0 aromatic heterocycles. The second-order valence-electron chi connectivity index (χ2n) is 3.59. The number of hydrogen-bond donors (Lipinski definition) is 3. The van der Waals surface area contributed by atoms with Crippen molar-refractivity contribution >= 4 is 13.6 Å². The van der Waals surface area contributed by atoms with Gasteiger partial charge in [0.2, 0.25) is 0 Å². The number of rotatable bonds is 3. The van der Waals surface area contributed by atoms with Gasteiger partial charge in [-0.3, -0.25) is 9.36 Å². The summed E-state index contributed by atoms with van der Waals surface area (Å²) in [5, 5.41) is 2.95. The number of esters is 1. The lowest BCUT2D eigenvalue weighted by Gasteiger charge is -2.24. The topological polar surface area (TPSA) is 95.9 Å². The standard InChI is InChI=1S/C9H16NO5P/c1-2-15-9(11)8-5-7(3-4-10-8)6-16(12,13)14/h6,8,10H,2-5H2,1H3,(H2,12,13,14)/b7-6-. The van der Waals surface area contributed by atoms with Crippen LogP contribution in [0.4, 0.5) is 0 Å². The minimum atomic E-state index is -4.15. The van der Waals surface area contributed by atoms with Crippen LogP contribution in [0.25, 0.3) is 0 Å². The third-order valence-electron chi connectivity index (χ3n) is 2.23. The maximum absolute atomic E-state index is 11.4. The zero-order valence-corrected chi connectivity index (χ0v) is 9.94. The van der Waals surface area contributed by atoms with Gasteiger partial charge in [0.15, 0.2) is 0 Å². The molecular weight excluding hydrogens is 233 g/mol. The highest BCUT2D eigenvalue weighted by atomic mass is 31.2. The van der Waals surface area contributed by atoms with E-state index in [1.807, 2.05) is 0 Å². The Labute approximate surface area is 93.8 Å². The molecule has 1 aliphatic rings. The Kier molecular flexibility index (Phi) is 4.68. The van der Waals surface area contributed by atoms with Crippen LogP contribution in [0.2, 0.25) is 0 Å². The van der Waals surface area contributed by atoms with Crippen LogP contribution >= 0.6 is 7.60 Å². The summed E-state index contributed by atoms with van der Waals surface area (Å²) < 4.78 is 15.6. The number of hydrogen-bond acceptors (Lipinski definition) is 4. The molecule has 0 bridgehead atoms. The van der Waals surface area contributed by atoms with E-state index in [-0.39, 0.29) is 5.97 Å². The van der Waals surface area contributed by atoms with E-state index in [0.29, 0.717) is 31.6 Å². The van der Waals surface area contributed by atoms with Gasteiger partial charge in [0.1, 0.15) is 6.04 Å². The molecule has 92 valence electrons. The number of piperidine rings is 1. The fourth-order valence-electron chi connectivity index (χ4n) is 1.61. The smallest absolute Gasteiger partial charge is 0.349 e. The quantitative estimate of drug-likeness (QED) is 0.494. The van der Waals surface area contributed by atoms with E-state index in [1.54, 1.807) is 6.92 Å². The normalized spacial score (nSPS) is 24.4. The Balaban J connectivity index is 2.64. The van der Waals surface area contributed by atoms with Crippen molar-refractivity contribution in [1.82, 2.24) is 5.32 Å². The molecule has 1 aliphatic heterocycles. The molecule has 1 saturated heterocycles. The van der Waals surface area contributed by atoms with Crippen LogP contribution in [0.1, 0.15) is 19.8 Å². The van der Waals surface area contributed by atoms with Gasteiger partial charge in [-0.1, -0.05) is 5.57 Å². The molecule has 1 unspecified atom stereocenters. The molecule has 6 nitrogen and oxygen atoms in total. The van der Waals surface area contributed by atoms with E-state index in [0.717, 1.165) is 5.82 Å². The van der Waals surface area contributed by atoms with Gasteiger partial charge in [0.05, 0.1) is 6.61 Å². The van der Waals surface area contributed by atoms with Crippen LogP contribution in [0.5, 0.6) is 0 Å². The molecule has 1 rings (SSSR count). The molecule has 1 atom stereocenters. The molecule has 16 heavy (non-hydrogen) atoms. The molecule has 0 amide bonds. The molecule has 0 aromatic rings. The first-order valence-corrected chi connectivity index (χ1v) is 6.76. The van der Waals surface area contributed by atoms with Crippen molar-refractivity contribution in [1.29, 1.82) is 0 Å². The number of carbonyl (C=O) groups excluding carboxylic acids is 1. The highest BCUT2D eigenvalue weighted by Crippen LogP contribution is 2.39. The predicted molar refractivity (Wildman–Crippen MR) is 57.8 cm³/mol. The lowest BCUT2D eigenvalue weighted by molar-refractivity contribution is -0.145. The zero-order valence-electron chi connectivity index (χ0n) is 9.05. The van der Waals surface area contributed by atoms with E-state index in [4.69, 9.17) is 14.5 Å². The van der Waals surface area contributed by atoms with Gasteiger partial charge in [-0.05, 0) is 26.3 Å². The van der Waals surface area contributed by atoms with Crippen molar-refractivity contribution in [3.63, 3.8) is 0 Å². The first-order valence-electron chi connectivity index (χ1n) is 5.08. The molecule has 0 spiro atoms. The predicted octanol–water partition coefficient (Wildman–Crippen LogP) is 0.363. The SMILES string of the molecule is CCOC(=O)C1C/C(=C\P(=O)(O)O)CCN1. The van der Waals surface area contributed by atoms with Crippen LogP contribution in [0.3, 0.4) is 0 Å². The molecule has 0 saturated carbocycles. The highest BCUT2D eigenvalue weighted by Gasteiger charge is 2.25. The molecule has 0 radical (unpaired) electrons. The van der Waals surface area contributed by atoms with E-state index >= 15 is 0 Å². The van der Waals surface area contributed by atoms with Crippen molar-refractivity contribution in [3.05, 3.63) is 11.4 Å². The van der Waals surface area contributed by atoms with Crippen molar-refractivity contribution in [2.24, 2.45) is 0 Å². The first-order chi connectivity index (χ1) is 7.42. The largest absolute Gasteiger partial charge is 0.465 e. The molecule has 0 aliphatic carbocycles. The van der Waals surface area contributed by atoms with Gasteiger partial charge in [-0.15, -0.1) is 0 Å². The van der Waals surface area contributed by atoms with Crippen molar-refractivity contribution in [2.45, 2.75) is 25.8 Å². The molecule has 3 N–H and O–H groups in total. The van der Waals surface area contributed by atoms with Crippen molar-refractivity contribution in [2.75, 3.05) is 13.2 Å². The highest BCUT2D eigenvalue weighted by molar-refractivity contribution is 7.55. The molecule has 0 aromatic carbocycles. The van der Waals surface area contributed by atoms with E-state index in [9.17, 15) is 9.36 Å². The van der Waals surface area contributed by atoms with E-state index in [2.05, 4.69) is 5.32 Å². The van der Waals surface area contributed by atoms with Gasteiger partial charge in [0, 0.05) is 5.82 Å². The lowest BCUT2D eigenvalue weighted by atomic mass is 10.0. The van der Waals surface area contributed by atoms with E-state index < -0.39 is 13.6 Å². The summed E-state index contributed by atoms with van der Waals surface area (Å²) >= 11 is 0. The fourth-order valence-corrected chi connectivity index (χ4v) is 2.32. The third kappa shape index (κ3) is 4.45. The third-order valence-corrected chi connectivity index (χ3v) is 2.93. The average molecular weight is 249 g/mol. The van der Waals surface area contributed by atoms with Gasteiger partial charge >= 0.3 is 13.6 Å². The number of carbonyl (C=O) groups is 1. The van der Waals surface area contributed by atoms with Crippen molar-refractivity contribution < 1.29 is 23.9 Å². The second kappa shape index (κ2) is 5.59. The Morgan fingerprint density at radius 1 is 1.69 bits per heavy atom. The van der Waals surface area contributed by atoms with Gasteiger partial charge in [-0.2, -0.15) is 0 Å². The fraction of sp³-hybridized carbons (Fsp3) is 0.667. The Bertz CT molecular complexity index is 335. The van der Waals surface area contributed by atoms with Crippen LogP contribution in [0, 0.1) is 0 Å². The van der Waals surface area contributed by atoms with Crippen molar-refractivity contribution in [3.8, 4) is 0 Å². The molecule has 7 heteroatoms. The maximum Gasteiger partial charge on any atom is 0.349 e. The lowest BCUT2D eigenvalue weighted by Crippen LogP contribution is -2.42. The number of ether oxygens (including phenoxy) is 1. The Morgan fingerprint density at radius 3 is 2.94 bits per heavy atom. The van der Waals surface area contributed by atoms with Crippen LogP contribution in [0.15, 0.2) is 11.4 Å². The molecular formula is C9H16NO5P. The van der Waals surface area contributed by atoms with E-state index in [1.165, 1.54) is 0 Å². The summed E-state index contributed by atoms with van der Waals surface area (Å²) in [6.45, 7) is 2.54. The number of nitrogens with one attached hydrogen (secondary N) is 1. The maximum atomic E-state index is 11.4. The van der Waals surface area contributed by atoms with Gasteiger partial charge in [0.25, 0.3) is 0 Å². The van der Waals surface area contributed by atoms with Crippen LogP contribution in [-0.2, 0) is 14.1 Å². The van der Waals surface area contributed by atoms with Crippen LogP contribution in [-0.4, -0.2) is 34.9 Å².